The Balaban J connectivity index is 2.00. The number of hydrogen-bond donors (Lipinski definition) is 1. The lowest BCUT2D eigenvalue weighted by atomic mass is 10.1. The largest absolute Gasteiger partial charge is 0.334 e. The number of aromatic nitrogens is 3. The summed E-state index contributed by atoms with van der Waals surface area (Å²) in [6, 6.07) is 11.4. The molecule has 2 heterocycles. The van der Waals surface area contributed by atoms with Crippen molar-refractivity contribution in [1.82, 2.24) is 15.1 Å². The highest BCUT2D eigenvalue weighted by Gasteiger charge is 2.13. The van der Waals surface area contributed by atoms with Crippen molar-refractivity contribution >= 4 is 15.9 Å². The molecule has 0 amide bonds. The van der Waals surface area contributed by atoms with Crippen molar-refractivity contribution in [2.45, 2.75) is 6.54 Å². The van der Waals surface area contributed by atoms with Gasteiger partial charge in [-0.25, -0.2) is 0 Å². The maximum absolute atomic E-state index is 5.63. The molecule has 3 aromatic rings. The van der Waals surface area contributed by atoms with Crippen LogP contribution in [0.25, 0.3) is 23.0 Å². The number of halogens is 1. The molecule has 0 radical (unpaired) electrons. The second kappa shape index (κ2) is 5.52. The molecule has 5 nitrogen and oxygen atoms in total. The number of rotatable bonds is 3. The Morgan fingerprint density at radius 2 is 2.10 bits per heavy atom. The first-order chi connectivity index (χ1) is 9.78. The summed E-state index contributed by atoms with van der Waals surface area (Å²) in [5.74, 6) is 0.901. The van der Waals surface area contributed by atoms with Gasteiger partial charge in [-0.2, -0.15) is 4.98 Å². The van der Waals surface area contributed by atoms with Crippen molar-refractivity contribution in [3.8, 4) is 23.0 Å². The highest BCUT2D eigenvalue weighted by atomic mass is 79.9. The average Bonchev–Trinajstić information content (AvgIpc) is 2.97. The third-order valence-electron chi connectivity index (χ3n) is 2.81. The van der Waals surface area contributed by atoms with E-state index in [0.717, 1.165) is 15.6 Å². The zero-order valence-electron chi connectivity index (χ0n) is 10.5. The molecular weight excluding hydrogens is 320 g/mol. The second-order valence-electron chi connectivity index (χ2n) is 4.16. The molecule has 0 aliphatic carbocycles. The summed E-state index contributed by atoms with van der Waals surface area (Å²) in [5, 5.41) is 3.97. The predicted molar refractivity (Wildman–Crippen MR) is 78.6 cm³/mol. The van der Waals surface area contributed by atoms with Crippen molar-refractivity contribution in [3.63, 3.8) is 0 Å². The summed E-state index contributed by atoms with van der Waals surface area (Å²) in [6.07, 6.45) is 1.69. The number of hydrogen-bond acceptors (Lipinski definition) is 5. The Morgan fingerprint density at radius 1 is 1.20 bits per heavy atom. The van der Waals surface area contributed by atoms with Gasteiger partial charge in [0.1, 0.15) is 5.69 Å². The van der Waals surface area contributed by atoms with Crippen LogP contribution >= 0.6 is 15.9 Å². The summed E-state index contributed by atoms with van der Waals surface area (Å²) in [7, 11) is 0. The van der Waals surface area contributed by atoms with Crippen LogP contribution < -0.4 is 5.73 Å². The van der Waals surface area contributed by atoms with E-state index in [1.54, 1.807) is 6.20 Å². The monoisotopic (exact) mass is 330 g/mol. The number of benzene rings is 1. The summed E-state index contributed by atoms with van der Waals surface area (Å²) in [6.45, 7) is 0.473. The molecule has 20 heavy (non-hydrogen) atoms. The van der Waals surface area contributed by atoms with E-state index < -0.39 is 0 Å². The van der Waals surface area contributed by atoms with Gasteiger partial charge in [-0.05, 0) is 45.8 Å². The number of pyridine rings is 1. The standard InChI is InChI=1S/C14H11BrN4O/c15-11-5-2-6-17-12(11)13-18-14(20-19-13)10-4-1-3-9(7-10)8-16/h1-7H,8,16H2. The quantitative estimate of drug-likeness (QED) is 0.798. The van der Waals surface area contributed by atoms with Crippen LogP contribution in [0.3, 0.4) is 0 Å². The van der Waals surface area contributed by atoms with Gasteiger partial charge in [0.25, 0.3) is 5.89 Å². The fourth-order valence-electron chi connectivity index (χ4n) is 1.82. The second-order valence-corrected chi connectivity index (χ2v) is 5.02. The minimum Gasteiger partial charge on any atom is -0.334 e. The van der Waals surface area contributed by atoms with Crippen LogP contribution in [0.2, 0.25) is 0 Å². The van der Waals surface area contributed by atoms with Gasteiger partial charge in [0, 0.05) is 22.8 Å². The van der Waals surface area contributed by atoms with Crippen LogP contribution in [0.15, 0.2) is 51.6 Å². The van der Waals surface area contributed by atoms with E-state index in [-0.39, 0.29) is 0 Å². The molecule has 0 unspecified atom stereocenters. The third-order valence-corrected chi connectivity index (χ3v) is 3.45. The molecule has 1 aromatic carbocycles. The van der Waals surface area contributed by atoms with Crippen LogP contribution in [-0.2, 0) is 6.54 Å². The van der Waals surface area contributed by atoms with E-state index >= 15 is 0 Å². The van der Waals surface area contributed by atoms with Gasteiger partial charge in [-0.15, -0.1) is 0 Å². The normalized spacial score (nSPS) is 10.7. The van der Waals surface area contributed by atoms with Crippen molar-refractivity contribution in [2.24, 2.45) is 5.73 Å². The highest BCUT2D eigenvalue weighted by Crippen LogP contribution is 2.26. The van der Waals surface area contributed by atoms with Crippen molar-refractivity contribution in [2.75, 3.05) is 0 Å². The van der Waals surface area contributed by atoms with Crippen LogP contribution in [0.1, 0.15) is 5.56 Å². The molecule has 0 aliphatic heterocycles. The first kappa shape index (κ1) is 13.0. The summed E-state index contributed by atoms with van der Waals surface area (Å²) >= 11 is 3.42. The van der Waals surface area contributed by atoms with Crippen LogP contribution in [0, 0.1) is 0 Å². The maximum atomic E-state index is 5.63. The fourth-order valence-corrected chi connectivity index (χ4v) is 2.25. The minimum absolute atomic E-state index is 0.450. The molecule has 0 spiro atoms. The van der Waals surface area contributed by atoms with Crippen LogP contribution in [-0.4, -0.2) is 15.1 Å². The SMILES string of the molecule is NCc1cccc(-c2nc(-c3ncccc3Br)no2)c1. The van der Waals surface area contributed by atoms with Gasteiger partial charge in [-0.1, -0.05) is 17.3 Å². The fraction of sp³-hybridized carbons (Fsp3) is 0.0714. The van der Waals surface area contributed by atoms with Crippen molar-refractivity contribution in [3.05, 3.63) is 52.6 Å². The Morgan fingerprint density at radius 3 is 2.90 bits per heavy atom. The molecule has 0 saturated carbocycles. The van der Waals surface area contributed by atoms with Gasteiger partial charge < -0.3 is 10.3 Å². The molecule has 0 saturated heterocycles. The lowest BCUT2D eigenvalue weighted by Gasteiger charge is -1.98. The average molecular weight is 331 g/mol. The third kappa shape index (κ3) is 2.48. The number of nitrogens with zero attached hydrogens (tertiary/aromatic N) is 3. The van der Waals surface area contributed by atoms with E-state index in [1.807, 2.05) is 36.4 Å². The lowest BCUT2D eigenvalue weighted by Crippen LogP contribution is -1.95. The molecule has 2 aromatic heterocycles. The minimum atomic E-state index is 0.450. The lowest BCUT2D eigenvalue weighted by molar-refractivity contribution is 0.432. The first-order valence-electron chi connectivity index (χ1n) is 6.02. The van der Waals surface area contributed by atoms with Gasteiger partial charge in [0.15, 0.2) is 0 Å². The summed E-state index contributed by atoms with van der Waals surface area (Å²) < 4.78 is 6.12. The summed E-state index contributed by atoms with van der Waals surface area (Å²) in [4.78, 5) is 8.61. The van der Waals surface area contributed by atoms with Crippen molar-refractivity contribution < 1.29 is 4.52 Å². The Labute approximate surface area is 124 Å². The molecule has 0 bridgehead atoms. The molecule has 0 aliphatic rings. The molecule has 0 fully saturated rings. The van der Waals surface area contributed by atoms with Gasteiger partial charge >= 0.3 is 0 Å². The van der Waals surface area contributed by atoms with Crippen LogP contribution in [0.5, 0.6) is 0 Å². The van der Waals surface area contributed by atoms with E-state index in [1.165, 1.54) is 0 Å². The Bertz CT molecular complexity index is 741. The summed E-state index contributed by atoms with van der Waals surface area (Å²) in [5.41, 5.74) is 8.14. The first-order valence-corrected chi connectivity index (χ1v) is 6.81. The molecule has 6 heteroatoms. The molecule has 3 rings (SSSR count). The molecular formula is C14H11BrN4O. The predicted octanol–water partition coefficient (Wildman–Crippen LogP) is 3.02. The van der Waals surface area contributed by atoms with E-state index in [2.05, 4.69) is 31.1 Å². The smallest absolute Gasteiger partial charge is 0.258 e. The van der Waals surface area contributed by atoms with Crippen molar-refractivity contribution in [1.29, 1.82) is 0 Å². The molecule has 2 N–H and O–H groups in total. The van der Waals surface area contributed by atoms with Gasteiger partial charge in [-0.3, -0.25) is 4.98 Å². The van der Waals surface area contributed by atoms with E-state index in [4.69, 9.17) is 10.3 Å². The van der Waals surface area contributed by atoms with E-state index in [0.29, 0.717) is 24.0 Å². The topological polar surface area (TPSA) is 77.8 Å². The zero-order valence-corrected chi connectivity index (χ0v) is 12.0. The molecule has 0 atom stereocenters. The van der Waals surface area contributed by atoms with E-state index in [9.17, 15) is 0 Å². The molecule has 100 valence electrons. The Hall–Kier alpha value is -2.05. The van der Waals surface area contributed by atoms with Gasteiger partial charge in [0.05, 0.1) is 0 Å². The number of nitrogens with two attached hydrogens (primary N) is 1. The highest BCUT2D eigenvalue weighted by molar-refractivity contribution is 9.10. The maximum Gasteiger partial charge on any atom is 0.258 e. The van der Waals surface area contributed by atoms with Gasteiger partial charge in [0.2, 0.25) is 5.82 Å². The zero-order chi connectivity index (χ0) is 13.9. The Kier molecular flexibility index (Phi) is 3.58. The van der Waals surface area contributed by atoms with Crippen LogP contribution in [0.4, 0.5) is 0 Å².